The van der Waals surface area contributed by atoms with E-state index in [2.05, 4.69) is 44.8 Å². The van der Waals surface area contributed by atoms with Gasteiger partial charge in [0.15, 0.2) is 11.7 Å². The molecule has 7 nitrogen and oxygen atoms in total. The first-order chi connectivity index (χ1) is 10.8. The third-order valence-corrected chi connectivity index (χ3v) is 3.64. The summed E-state index contributed by atoms with van der Waals surface area (Å²) in [5.74, 6) is 1.98. The molecule has 7 heteroatoms. The third-order valence-electron chi connectivity index (χ3n) is 3.64. The molecule has 0 radical (unpaired) electrons. The predicted molar refractivity (Wildman–Crippen MR) is 85.5 cm³/mol. The van der Waals surface area contributed by atoms with Gasteiger partial charge >= 0.3 is 0 Å². The van der Waals surface area contributed by atoms with Gasteiger partial charge in [0.05, 0.1) is 24.5 Å². The van der Waals surface area contributed by atoms with Crippen LogP contribution in [0.2, 0.25) is 0 Å². The Bertz CT molecular complexity index is 571. The zero-order valence-corrected chi connectivity index (χ0v) is 13.4. The molecule has 2 aromatic rings. The first-order valence-corrected chi connectivity index (χ1v) is 7.65. The van der Waals surface area contributed by atoms with Gasteiger partial charge in [0, 0.05) is 25.2 Å². The van der Waals surface area contributed by atoms with E-state index in [4.69, 9.17) is 4.52 Å². The van der Waals surface area contributed by atoms with Crippen molar-refractivity contribution in [3.05, 3.63) is 35.5 Å². The van der Waals surface area contributed by atoms with E-state index in [1.54, 1.807) is 13.2 Å². The van der Waals surface area contributed by atoms with Crippen molar-refractivity contribution in [3.63, 3.8) is 0 Å². The van der Waals surface area contributed by atoms with Crippen molar-refractivity contribution in [1.82, 2.24) is 26.0 Å². The number of H-pyrrole nitrogens is 1. The molecule has 22 heavy (non-hydrogen) atoms. The molecule has 0 fully saturated rings. The number of hydrogen-bond donors (Lipinski definition) is 3. The van der Waals surface area contributed by atoms with E-state index >= 15 is 0 Å². The van der Waals surface area contributed by atoms with E-state index in [-0.39, 0.29) is 0 Å². The molecule has 2 aromatic heterocycles. The van der Waals surface area contributed by atoms with Crippen LogP contribution in [0.4, 0.5) is 0 Å². The summed E-state index contributed by atoms with van der Waals surface area (Å²) >= 11 is 0. The smallest absolute Gasteiger partial charge is 0.191 e. The van der Waals surface area contributed by atoms with Gasteiger partial charge < -0.3 is 15.2 Å². The minimum atomic E-state index is 0.468. The number of rotatable bonds is 7. The van der Waals surface area contributed by atoms with Crippen LogP contribution in [0.1, 0.15) is 49.8 Å². The molecule has 120 valence electrons. The molecule has 0 aliphatic rings. The zero-order valence-electron chi connectivity index (χ0n) is 13.4. The number of nitrogens with zero attached hydrogens (tertiary/aromatic N) is 3. The van der Waals surface area contributed by atoms with Crippen molar-refractivity contribution < 1.29 is 4.52 Å². The highest BCUT2D eigenvalue weighted by molar-refractivity contribution is 5.79. The largest absolute Gasteiger partial charge is 0.359 e. The minimum absolute atomic E-state index is 0.468. The topological polar surface area (TPSA) is 91.1 Å². The summed E-state index contributed by atoms with van der Waals surface area (Å²) in [6.07, 6.45) is 3.87. The molecule has 0 atom stereocenters. The van der Waals surface area contributed by atoms with Gasteiger partial charge in [-0.1, -0.05) is 19.0 Å². The Balaban J connectivity index is 1.83. The van der Waals surface area contributed by atoms with Crippen LogP contribution >= 0.6 is 0 Å². The van der Waals surface area contributed by atoms with Crippen molar-refractivity contribution in [1.29, 1.82) is 0 Å². The lowest BCUT2D eigenvalue weighted by Crippen LogP contribution is -2.36. The highest BCUT2D eigenvalue weighted by Gasteiger charge is 2.13. The van der Waals surface area contributed by atoms with E-state index in [9.17, 15) is 0 Å². The van der Waals surface area contributed by atoms with Gasteiger partial charge in [-0.15, -0.1) is 0 Å². The zero-order chi connectivity index (χ0) is 15.8. The highest BCUT2D eigenvalue weighted by Crippen LogP contribution is 2.22. The molecule has 0 aromatic carbocycles. The number of guanidine groups is 1. The molecular weight excluding hydrogens is 280 g/mol. The normalized spacial score (nSPS) is 11.9. The summed E-state index contributed by atoms with van der Waals surface area (Å²) in [6, 6.07) is 3.94. The van der Waals surface area contributed by atoms with Crippen LogP contribution in [0.25, 0.3) is 0 Å². The van der Waals surface area contributed by atoms with Gasteiger partial charge in [0.25, 0.3) is 0 Å². The standard InChI is InChI=1S/C15H24N6O/c1-4-11(5-2)14-8-13(22-21-14)10-18-15(16-3)17-9-12-6-7-19-20-12/h6-8,11H,4-5,9-10H2,1-3H3,(H,19,20)(H2,16,17,18). The molecule has 3 N–H and O–H groups in total. The number of aromatic nitrogens is 3. The summed E-state index contributed by atoms with van der Waals surface area (Å²) in [4.78, 5) is 4.17. The van der Waals surface area contributed by atoms with E-state index in [1.807, 2.05) is 12.1 Å². The fourth-order valence-electron chi connectivity index (χ4n) is 2.27. The van der Waals surface area contributed by atoms with Crippen LogP contribution in [0, 0.1) is 0 Å². The Morgan fingerprint density at radius 2 is 2.09 bits per heavy atom. The van der Waals surface area contributed by atoms with Crippen LogP contribution in [0.3, 0.4) is 0 Å². The molecule has 0 saturated carbocycles. The van der Waals surface area contributed by atoms with Crippen LogP contribution in [0.15, 0.2) is 27.8 Å². The molecule has 0 spiro atoms. The molecule has 0 saturated heterocycles. The summed E-state index contributed by atoms with van der Waals surface area (Å²) in [7, 11) is 1.73. The molecule has 0 aliphatic carbocycles. The third kappa shape index (κ3) is 4.34. The predicted octanol–water partition coefficient (Wildman–Crippen LogP) is 2.17. The summed E-state index contributed by atoms with van der Waals surface area (Å²) in [5.41, 5.74) is 2.03. The molecule has 0 amide bonds. The van der Waals surface area contributed by atoms with Crippen molar-refractivity contribution in [2.45, 2.75) is 45.7 Å². The fourth-order valence-corrected chi connectivity index (χ4v) is 2.27. The van der Waals surface area contributed by atoms with Gasteiger partial charge in [0.2, 0.25) is 0 Å². The maximum atomic E-state index is 5.38. The Kier molecular flexibility index (Phi) is 6.00. The Morgan fingerprint density at radius 3 is 2.73 bits per heavy atom. The molecular formula is C15H24N6O. The van der Waals surface area contributed by atoms with Crippen LogP contribution in [-0.4, -0.2) is 28.4 Å². The summed E-state index contributed by atoms with van der Waals surface area (Å²) in [5, 5.41) is 17.4. The van der Waals surface area contributed by atoms with Crippen molar-refractivity contribution in [3.8, 4) is 0 Å². The van der Waals surface area contributed by atoms with E-state index in [0.717, 1.165) is 30.0 Å². The molecule has 2 rings (SSSR count). The van der Waals surface area contributed by atoms with Crippen molar-refractivity contribution in [2.75, 3.05) is 7.05 Å². The average molecular weight is 304 g/mol. The number of aliphatic imine (C=N–C) groups is 1. The van der Waals surface area contributed by atoms with Crippen molar-refractivity contribution in [2.24, 2.45) is 4.99 Å². The second-order valence-electron chi connectivity index (χ2n) is 5.09. The minimum Gasteiger partial charge on any atom is -0.359 e. The average Bonchev–Trinajstić information content (AvgIpc) is 3.20. The van der Waals surface area contributed by atoms with E-state index < -0.39 is 0 Å². The summed E-state index contributed by atoms with van der Waals surface area (Å²) in [6.45, 7) is 5.52. The Labute approximate surface area is 130 Å². The Morgan fingerprint density at radius 1 is 1.32 bits per heavy atom. The molecule has 0 aliphatic heterocycles. The van der Waals surface area contributed by atoms with E-state index in [1.165, 1.54) is 0 Å². The van der Waals surface area contributed by atoms with Gasteiger partial charge in [-0.3, -0.25) is 10.1 Å². The van der Waals surface area contributed by atoms with Crippen LogP contribution in [-0.2, 0) is 13.1 Å². The van der Waals surface area contributed by atoms with E-state index in [0.29, 0.717) is 25.0 Å². The van der Waals surface area contributed by atoms with Crippen molar-refractivity contribution >= 4 is 5.96 Å². The number of nitrogens with one attached hydrogen (secondary N) is 3. The molecule has 0 unspecified atom stereocenters. The molecule has 2 heterocycles. The lowest BCUT2D eigenvalue weighted by Gasteiger charge is -2.09. The van der Waals surface area contributed by atoms with Crippen LogP contribution in [0.5, 0.6) is 0 Å². The van der Waals surface area contributed by atoms with Gasteiger partial charge in [0.1, 0.15) is 0 Å². The number of aromatic amines is 1. The van der Waals surface area contributed by atoms with Crippen LogP contribution < -0.4 is 10.6 Å². The highest BCUT2D eigenvalue weighted by atomic mass is 16.5. The number of hydrogen-bond acceptors (Lipinski definition) is 4. The van der Waals surface area contributed by atoms with Gasteiger partial charge in [-0.25, -0.2) is 0 Å². The van der Waals surface area contributed by atoms with Gasteiger partial charge in [-0.2, -0.15) is 5.10 Å². The second-order valence-corrected chi connectivity index (χ2v) is 5.09. The first-order valence-electron chi connectivity index (χ1n) is 7.65. The lowest BCUT2D eigenvalue weighted by atomic mass is 9.99. The maximum Gasteiger partial charge on any atom is 0.191 e. The summed E-state index contributed by atoms with van der Waals surface area (Å²) < 4.78 is 5.38. The second kappa shape index (κ2) is 8.21. The Hall–Kier alpha value is -2.31. The first kappa shape index (κ1) is 16.1. The maximum absolute atomic E-state index is 5.38. The quantitative estimate of drug-likeness (QED) is 0.538. The lowest BCUT2D eigenvalue weighted by molar-refractivity contribution is 0.368. The van der Waals surface area contributed by atoms with Gasteiger partial charge in [-0.05, 0) is 18.9 Å². The monoisotopic (exact) mass is 304 g/mol. The molecule has 0 bridgehead atoms. The SMILES string of the molecule is CCC(CC)c1cc(CNC(=NC)NCc2ccn[nH]2)on1. The fraction of sp³-hybridized carbons (Fsp3) is 0.533.